The molecule has 2 aliphatic heterocycles. The van der Waals surface area contributed by atoms with E-state index in [1.54, 1.807) is 6.07 Å². The van der Waals surface area contributed by atoms with Crippen LogP contribution in [0.2, 0.25) is 0 Å². The summed E-state index contributed by atoms with van der Waals surface area (Å²) < 4.78 is 25.2. The first-order chi connectivity index (χ1) is 12.1. The number of fused-ring (bicyclic) bond motifs is 2. The molecule has 2 heterocycles. The number of aliphatic hydroxyl groups excluding tert-OH is 1. The highest BCUT2D eigenvalue weighted by molar-refractivity contribution is 5.51. The maximum Gasteiger partial charge on any atom is 0.127 e. The summed E-state index contributed by atoms with van der Waals surface area (Å²) in [5.41, 5.74) is 0.780. The Bertz CT molecular complexity index is 580. The highest BCUT2D eigenvalue weighted by Gasteiger charge is 2.34. The van der Waals surface area contributed by atoms with Crippen molar-refractivity contribution in [2.75, 3.05) is 26.2 Å². The lowest BCUT2D eigenvalue weighted by atomic mass is 10.1. The van der Waals surface area contributed by atoms with Crippen molar-refractivity contribution in [2.45, 2.75) is 50.9 Å². The SMILES string of the molecule is CCC/C=C/c1cc(F)cc(OCC(O)CN2C[C@H]3CC[C@@H](C2)O3)c1. The number of ether oxygens (including phenoxy) is 2. The minimum atomic E-state index is -0.597. The molecule has 1 N–H and O–H groups in total. The van der Waals surface area contributed by atoms with Crippen LogP contribution in [0.15, 0.2) is 24.3 Å². The Balaban J connectivity index is 1.48. The van der Waals surface area contributed by atoms with Crippen LogP contribution in [0.5, 0.6) is 5.75 Å². The summed E-state index contributed by atoms with van der Waals surface area (Å²) in [7, 11) is 0. The third-order valence-corrected chi connectivity index (χ3v) is 4.69. The number of allylic oxidation sites excluding steroid dienone is 1. The number of unbranched alkanes of at least 4 members (excludes halogenated alkanes) is 1. The first kappa shape index (κ1) is 18.4. The second-order valence-electron chi connectivity index (χ2n) is 7.05. The van der Waals surface area contributed by atoms with Gasteiger partial charge in [0.2, 0.25) is 0 Å². The van der Waals surface area contributed by atoms with Crippen LogP contribution in [0.3, 0.4) is 0 Å². The standard InChI is InChI=1S/C20H28FNO3/c1-2-3-4-5-15-8-16(21)10-20(9-15)24-14-17(23)11-22-12-18-6-7-19(13-22)25-18/h4-5,8-10,17-19,23H,2-3,6-7,11-14H2,1H3/b5-4+/t17?,18-,19+. The number of rotatable bonds is 8. The molecule has 0 spiro atoms. The molecular weight excluding hydrogens is 321 g/mol. The Labute approximate surface area is 149 Å². The van der Waals surface area contributed by atoms with E-state index in [9.17, 15) is 9.50 Å². The van der Waals surface area contributed by atoms with Gasteiger partial charge in [-0.2, -0.15) is 0 Å². The zero-order valence-electron chi connectivity index (χ0n) is 14.9. The van der Waals surface area contributed by atoms with E-state index in [-0.39, 0.29) is 12.4 Å². The fourth-order valence-corrected chi connectivity index (χ4v) is 3.54. The summed E-state index contributed by atoms with van der Waals surface area (Å²) in [5, 5.41) is 10.3. The zero-order valence-corrected chi connectivity index (χ0v) is 14.9. The molecule has 2 fully saturated rings. The third kappa shape index (κ3) is 5.53. The zero-order chi connectivity index (χ0) is 17.6. The number of halogens is 1. The predicted octanol–water partition coefficient (Wildman–Crippen LogP) is 3.24. The van der Waals surface area contributed by atoms with Crippen LogP contribution >= 0.6 is 0 Å². The normalized spacial score (nSPS) is 24.8. The van der Waals surface area contributed by atoms with Crippen LogP contribution in [-0.4, -0.2) is 54.6 Å². The van der Waals surface area contributed by atoms with Gasteiger partial charge in [-0.1, -0.05) is 25.5 Å². The Hall–Kier alpha value is -1.43. The molecule has 5 heteroatoms. The molecule has 2 bridgehead atoms. The van der Waals surface area contributed by atoms with Crippen LogP contribution in [0.1, 0.15) is 38.2 Å². The molecule has 1 aromatic carbocycles. The number of β-amino-alcohol motifs (C(OH)–C–C–N with tert-alkyl or cyclic N) is 1. The lowest BCUT2D eigenvalue weighted by Gasteiger charge is -2.33. The highest BCUT2D eigenvalue weighted by Crippen LogP contribution is 2.26. The van der Waals surface area contributed by atoms with Gasteiger partial charge in [-0.05, 0) is 37.0 Å². The molecule has 3 rings (SSSR count). The lowest BCUT2D eigenvalue weighted by Crippen LogP contribution is -2.46. The number of hydrogen-bond acceptors (Lipinski definition) is 4. The average molecular weight is 349 g/mol. The third-order valence-electron chi connectivity index (χ3n) is 4.69. The van der Waals surface area contributed by atoms with E-state index in [2.05, 4.69) is 11.8 Å². The fraction of sp³-hybridized carbons (Fsp3) is 0.600. The van der Waals surface area contributed by atoms with Gasteiger partial charge in [0.05, 0.1) is 12.2 Å². The summed E-state index contributed by atoms with van der Waals surface area (Å²) >= 11 is 0. The second-order valence-corrected chi connectivity index (χ2v) is 7.05. The van der Waals surface area contributed by atoms with Gasteiger partial charge in [-0.3, -0.25) is 4.90 Å². The van der Waals surface area contributed by atoms with E-state index in [1.165, 1.54) is 12.1 Å². The average Bonchev–Trinajstić information content (AvgIpc) is 2.91. The van der Waals surface area contributed by atoms with Gasteiger partial charge in [0.25, 0.3) is 0 Å². The van der Waals surface area contributed by atoms with E-state index in [0.29, 0.717) is 24.5 Å². The van der Waals surface area contributed by atoms with Crippen LogP contribution in [0.4, 0.5) is 4.39 Å². The summed E-state index contributed by atoms with van der Waals surface area (Å²) in [5.74, 6) is 0.130. The van der Waals surface area contributed by atoms with Crippen LogP contribution < -0.4 is 4.74 Å². The monoisotopic (exact) mass is 349 g/mol. The van der Waals surface area contributed by atoms with Crippen molar-refractivity contribution in [1.29, 1.82) is 0 Å². The van der Waals surface area contributed by atoms with E-state index < -0.39 is 6.10 Å². The van der Waals surface area contributed by atoms with Gasteiger partial charge in [0.1, 0.15) is 24.3 Å². The smallest absolute Gasteiger partial charge is 0.127 e. The molecule has 2 saturated heterocycles. The highest BCUT2D eigenvalue weighted by atomic mass is 19.1. The molecule has 0 amide bonds. The van der Waals surface area contributed by atoms with Crippen molar-refractivity contribution < 1.29 is 19.0 Å². The molecule has 4 nitrogen and oxygen atoms in total. The van der Waals surface area contributed by atoms with Crippen molar-refractivity contribution in [3.05, 3.63) is 35.7 Å². The second kappa shape index (κ2) is 8.79. The van der Waals surface area contributed by atoms with Crippen LogP contribution in [-0.2, 0) is 4.74 Å². The quantitative estimate of drug-likeness (QED) is 0.782. The van der Waals surface area contributed by atoms with Gasteiger partial charge >= 0.3 is 0 Å². The minimum absolute atomic E-state index is 0.161. The van der Waals surface area contributed by atoms with Gasteiger partial charge in [-0.25, -0.2) is 4.39 Å². The number of hydrogen-bond donors (Lipinski definition) is 1. The Morgan fingerprint density at radius 2 is 2.08 bits per heavy atom. The Kier molecular flexibility index (Phi) is 6.45. The van der Waals surface area contributed by atoms with E-state index >= 15 is 0 Å². The van der Waals surface area contributed by atoms with E-state index in [1.807, 2.05) is 12.2 Å². The van der Waals surface area contributed by atoms with Crippen molar-refractivity contribution in [3.8, 4) is 5.75 Å². The van der Waals surface area contributed by atoms with Crippen molar-refractivity contribution in [3.63, 3.8) is 0 Å². The topological polar surface area (TPSA) is 41.9 Å². The van der Waals surface area contributed by atoms with Gasteiger partial charge in [0.15, 0.2) is 0 Å². The molecular formula is C20H28FNO3. The molecule has 1 aromatic rings. The molecule has 0 aliphatic carbocycles. The van der Waals surface area contributed by atoms with Crippen LogP contribution in [0, 0.1) is 5.82 Å². The lowest BCUT2D eigenvalue weighted by molar-refractivity contribution is -0.0528. The van der Waals surface area contributed by atoms with Gasteiger partial charge < -0.3 is 14.6 Å². The molecule has 2 aliphatic rings. The minimum Gasteiger partial charge on any atom is -0.491 e. The van der Waals surface area contributed by atoms with Gasteiger partial charge in [0, 0.05) is 25.7 Å². The number of morpholine rings is 1. The number of aliphatic hydroxyl groups is 1. The molecule has 3 atom stereocenters. The van der Waals surface area contributed by atoms with E-state index in [4.69, 9.17) is 9.47 Å². The van der Waals surface area contributed by atoms with Gasteiger partial charge in [-0.15, -0.1) is 0 Å². The number of nitrogens with zero attached hydrogens (tertiary/aromatic N) is 1. The summed E-state index contributed by atoms with van der Waals surface area (Å²) in [6.07, 6.45) is 8.22. The largest absolute Gasteiger partial charge is 0.491 e. The number of benzene rings is 1. The molecule has 0 radical (unpaired) electrons. The maximum absolute atomic E-state index is 13.7. The first-order valence-electron chi connectivity index (χ1n) is 9.28. The molecule has 0 aromatic heterocycles. The Morgan fingerprint density at radius 1 is 1.32 bits per heavy atom. The van der Waals surface area contributed by atoms with E-state index in [0.717, 1.165) is 44.3 Å². The summed E-state index contributed by atoms with van der Waals surface area (Å²) in [6, 6.07) is 4.65. The van der Waals surface area contributed by atoms with Crippen molar-refractivity contribution in [2.24, 2.45) is 0 Å². The van der Waals surface area contributed by atoms with Crippen LogP contribution in [0.25, 0.3) is 6.08 Å². The molecule has 0 saturated carbocycles. The summed E-state index contributed by atoms with van der Waals surface area (Å²) in [6.45, 7) is 4.58. The summed E-state index contributed by atoms with van der Waals surface area (Å²) in [4.78, 5) is 2.24. The Morgan fingerprint density at radius 3 is 2.80 bits per heavy atom. The first-order valence-corrected chi connectivity index (χ1v) is 9.28. The number of likely N-dealkylation sites (tertiary alicyclic amines) is 1. The molecule has 1 unspecified atom stereocenters. The molecule has 138 valence electrons. The molecule has 25 heavy (non-hydrogen) atoms. The van der Waals surface area contributed by atoms with Crippen molar-refractivity contribution >= 4 is 6.08 Å². The fourth-order valence-electron chi connectivity index (χ4n) is 3.54. The predicted molar refractivity (Wildman–Crippen MR) is 96.2 cm³/mol. The van der Waals surface area contributed by atoms with Crippen molar-refractivity contribution in [1.82, 2.24) is 4.90 Å². The maximum atomic E-state index is 13.7.